The Kier molecular flexibility index (Phi) is 3.54. The minimum Gasteiger partial charge on any atom is -0.480 e. The number of aliphatic carboxylic acids is 1. The molecule has 2 aliphatic carbocycles. The summed E-state index contributed by atoms with van der Waals surface area (Å²) >= 11 is 0. The van der Waals surface area contributed by atoms with Crippen LogP contribution in [0, 0.1) is 0 Å². The molecular weight excluding hydrogens is 254 g/mol. The Bertz CT molecular complexity index is 511. The molecule has 5 nitrogen and oxygen atoms in total. The average Bonchev–Trinajstić information content (AvgIpc) is 3.03. The van der Waals surface area contributed by atoms with E-state index in [4.69, 9.17) is 0 Å². The second-order valence-electron chi connectivity index (χ2n) is 6.07. The summed E-state index contributed by atoms with van der Waals surface area (Å²) in [7, 11) is 0. The van der Waals surface area contributed by atoms with Gasteiger partial charge in [0.15, 0.2) is 0 Å². The summed E-state index contributed by atoms with van der Waals surface area (Å²) in [6.45, 7) is 2.66. The van der Waals surface area contributed by atoms with Crippen molar-refractivity contribution in [2.45, 2.75) is 63.5 Å². The van der Waals surface area contributed by atoms with Gasteiger partial charge in [0, 0.05) is 11.7 Å². The van der Waals surface area contributed by atoms with Crippen molar-refractivity contribution >= 4 is 5.97 Å². The van der Waals surface area contributed by atoms with Gasteiger partial charge in [0.25, 0.3) is 0 Å². The van der Waals surface area contributed by atoms with Crippen molar-refractivity contribution in [3.05, 3.63) is 17.7 Å². The smallest absolute Gasteiger partial charge is 0.323 e. The molecule has 20 heavy (non-hydrogen) atoms. The standard InChI is InChI=1S/C15H23N3O2/c1-2-17-15(14(19)20)8-7-11(9-15)18-10-16-12-5-3-4-6-13(12)18/h10-11,17H,2-9H2,1H3,(H,19,20). The highest BCUT2D eigenvalue weighted by Crippen LogP contribution is 2.39. The van der Waals surface area contributed by atoms with Crippen LogP contribution in [-0.4, -0.2) is 32.7 Å². The van der Waals surface area contributed by atoms with Gasteiger partial charge in [-0.1, -0.05) is 6.92 Å². The van der Waals surface area contributed by atoms with Crippen molar-refractivity contribution in [1.82, 2.24) is 14.9 Å². The number of nitrogens with zero attached hydrogens (tertiary/aromatic N) is 2. The van der Waals surface area contributed by atoms with Gasteiger partial charge in [-0.15, -0.1) is 0 Å². The minimum atomic E-state index is -0.745. The molecule has 2 unspecified atom stereocenters. The largest absolute Gasteiger partial charge is 0.480 e. The number of likely N-dealkylation sites (N-methyl/N-ethyl adjacent to an activating group) is 1. The predicted octanol–water partition coefficient (Wildman–Crippen LogP) is 1.92. The Morgan fingerprint density at radius 2 is 2.35 bits per heavy atom. The van der Waals surface area contributed by atoms with Crippen LogP contribution in [0.2, 0.25) is 0 Å². The molecule has 3 rings (SSSR count). The first kappa shape index (κ1) is 13.6. The van der Waals surface area contributed by atoms with E-state index in [9.17, 15) is 9.90 Å². The highest BCUT2D eigenvalue weighted by molar-refractivity contribution is 5.79. The predicted molar refractivity (Wildman–Crippen MR) is 75.8 cm³/mol. The van der Waals surface area contributed by atoms with Crippen molar-refractivity contribution in [1.29, 1.82) is 0 Å². The molecule has 0 bridgehead atoms. The van der Waals surface area contributed by atoms with Crippen LogP contribution in [0.1, 0.15) is 56.5 Å². The molecule has 2 aliphatic rings. The number of nitrogens with one attached hydrogen (secondary N) is 1. The van der Waals surface area contributed by atoms with Crippen LogP contribution in [0.5, 0.6) is 0 Å². The van der Waals surface area contributed by atoms with E-state index in [2.05, 4.69) is 14.9 Å². The van der Waals surface area contributed by atoms with Crippen molar-refractivity contribution < 1.29 is 9.90 Å². The van der Waals surface area contributed by atoms with Crippen molar-refractivity contribution in [3.63, 3.8) is 0 Å². The zero-order chi connectivity index (χ0) is 14.2. The lowest BCUT2D eigenvalue weighted by molar-refractivity contribution is -0.144. The number of carboxylic acids is 1. The summed E-state index contributed by atoms with van der Waals surface area (Å²) in [5, 5.41) is 12.8. The van der Waals surface area contributed by atoms with Gasteiger partial charge >= 0.3 is 5.97 Å². The quantitative estimate of drug-likeness (QED) is 0.882. The molecular formula is C15H23N3O2. The number of imidazole rings is 1. The van der Waals surface area contributed by atoms with Crippen molar-refractivity contribution in [2.75, 3.05) is 6.54 Å². The molecule has 110 valence electrons. The average molecular weight is 277 g/mol. The third-order valence-corrected chi connectivity index (χ3v) is 4.87. The number of carbonyl (C=O) groups is 1. The molecule has 1 aromatic heterocycles. The van der Waals surface area contributed by atoms with Gasteiger partial charge in [-0.05, 0) is 51.5 Å². The minimum absolute atomic E-state index is 0.277. The summed E-state index contributed by atoms with van der Waals surface area (Å²) in [5.41, 5.74) is 1.83. The van der Waals surface area contributed by atoms with E-state index in [0.717, 1.165) is 19.3 Å². The molecule has 0 saturated heterocycles. The van der Waals surface area contributed by atoms with Crippen molar-refractivity contribution in [3.8, 4) is 0 Å². The van der Waals surface area contributed by atoms with E-state index < -0.39 is 11.5 Å². The van der Waals surface area contributed by atoms with Gasteiger partial charge in [-0.2, -0.15) is 0 Å². The molecule has 0 spiro atoms. The van der Waals surface area contributed by atoms with Crippen LogP contribution < -0.4 is 5.32 Å². The third-order valence-electron chi connectivity index (χ3n) is 4.87. The number of aryl methyl sites for hydroxylation is 1. The Labute approximate surface area is 119 Å². The molecule has 0 amide bonds. The number of hydrogen-bond donors (Lipinski definition) is 2. The van der Waals surface area contributed by atoms with E-state index in [0.29, 0.717) is 19.4 Å². The summed E-state index contributed by atoms with van der Waals surface area (Å²) in [6.07, 6.45) is 8.84. The summed E-state index contributed by atoms with van der Waals surface area (Å²) < 4.78 is 2.26. The first-order chi connectivity index (χ1) is 9.66. The lowest BCUT2D eigenvalue weighted by Crippen LogP contribution is -2.50. The molecule has 2 atom stereocenters. The molecule has 1 fully saturated rings. The maximum absolute atomic E-state index is 11.6. The van der Waals surface area contributed by atoms with Gasteiger partial charge in [-0.25, -0.2) is 4.98 Å². The Hall–Kier alpha value is -1.36. The fourth-order valence-corrected chi connectivity index (χ4v) is 3.83. The fourth-order valence-electron chi connectivity index (χ4n) is 3.83. The lowest BCUT2D eigenvalue weighted by atomic mass is 9.97. The lowest BCUT2D eigenvalue weighted by Gasteiger charge is -2.26. The van der Waals surface area contributed by atoms with Gasteiger partial charge in [-0.3, -0.25) is 4.79 Å². The fraction of sp³-hybridized carbons (Fsp3) is 0.733. The number of hydrogen-bond acceptors (Lipinski definition) is 3. The topological polar surface area (TPSA) is 67.2 Å². The zero-order valence-corrected chi connectivity index (χ0v) is 12.1. The molecule has 1 saturated carbocycles. The Morgan fingerprint density at radius 1 is 1.55 bits per heavy atom. The maximum Gasteiger partial charge on any atom is 0.323 e. The monoisotopic (exact) mass is 277 g/mol. The van der Waals surface area contributed by atoms with Crippen molar-refractivity contribution in [2.24, 2.45) is 0 Å². The molecule has 5 heteroatoms. The molecule has 1 heterocycles. The number of aromatic nitrogens is 2. The highest BCUT2D eigenvalue weighted by Gasteiger charge is 2.45. The van der Waals surface area contributed by atoms with Gasteiger partial charge in [0.1, 0.15) is 5.54 Å². The normalized spacial score (nSPS) is 29.4. The molecule has 0 aliphatic heterocycles. The van der Waals surface area contributed by atoms with E-state index in [-0.39, 0.29) is 6.04 Å². The van der Waals surface area contributed by atoms with Gasteiger partial charge in [0.2, 0.25) is 0 Å². The second-order valence-corrected chi connectivity index (χ2v) is 6.07. The number of fused-ring (bicyclic) bond motifs is 1. The SMILES string of the molecule is CCNC1(C(=O)O)CCC(n2cnc3c2CCCC3)C1. The van der Waals surface area contributed by atoms with E-state index in [1.807, 2.05) is 13.3 Å². The molecule has 0 radical (unpaired) electrons. The van der Waals surface area contributed by atoms with Crippen LogP contribution in [-0.2, 0) is 17.6 Å². The number of rotatable bonds is 4. The van der Waals surface area contributed by atoms with Crippen LogP contribution in [0.25, 0.3) is 0 Å². The van der Waals surface area contributed by atoms with E-state index in [1.54, 1.807) is 0 Å². The molecule has 1 aromatic rings. The summed E-state index contributed by atoms with van der Waals surface area (Å²) in [4.78, 5) is 16.2. The third kappa shape index (κ3) is 2.14. The second kappa shape index (κ2) is 5.20. The Balaban J connectivity index is 1.83. The maximum atomic E-state index is 11.6. The van der Waals surface area contributed by atoms with Crippen LogP contribution in [0.4, 0.5) is 0 Å². The number of carboxylic acid groups (broad SMARTS) is 1. The van der Waals surface area contributed by atoms with Crippen LogP contribution in [0.3, 0.4) is 0 Å². The summed E-state index contributed by atoms with van der Waals surface area (Å²) in [6, 6.07) is 0.277. The first-order valence-corrected chi connectivity index (χ1v) is 7.69. The summed E-state index contributed by atoms with van der Waals surface area (Å²) in [5.74, 6) is -0.712. The van der Waals surface area contributed by atoms with Gasteiger partial charge < -0.3 is 15.0 Å². The van der Waals surface area contributed by atoms with E-state index in [1.165, 1.54) is 24.2 Å². The zero-order valence-electron chi connectivity index (χ0n) is 12.1. The van der Waals surface area contributed by atoms with Gasteiger partial charge in [0.05, 0.1) is 12.0 Å². The molecule has 0 aromatic carbocycles. The van der Waals surface area contributed by atoms with Crippen LogP contribution >= 0.6 is 0 Å². The Morgan fingerprint density at radius 3 is 3.10 bits per heavy atom. The highest BCUT2D eigenvalue weighted by atomic mass is 16.4. The first-order valence-electron chi connectivity index (χ1n) is 7.69. The van der Waals surface area contributed by atoms with E-state index >= 15 is 0 Å². The van der Waals surface area contributed by atoms with Crippen LogP contribution in [0.15, 0.2) is 6.33 Å². The molecule has 2 N–H and O–H groups in total.